The van der Waals surface area contributed by atoms with Crippen LogP contribution in [0.4, 0.5) is 15.8 Å². The fourth-order valence-electron chi connectivity index (χ4n) is 3.63. The first-order valence-electron chi connectivity index (χ1n) is 10.3. The van der Waals surface area contributed by atoms with Gasteiger partial charge in [-0.15, -0.1) is 0 Å². The van der Waals surface area contributed by atoms with Gasteiger partial charge in [0, 0.05) is 30.4 Å². The van der Waals surface area contributed by atoms with Gasteiger partial charge in [0.15, 0.2) is 11.6 Å². The summed E-state index contributed by atoms with van der Waals surface area (Å²) in [6, 6.07) is 6.43. The summed E-state index contributed by atoms with van der Waals surface area (Å²) in [6.45, 7) is 4.89. The van der Waals surface area contributed by atoms with Crippen LogP contribution in [0.3, 0.4) is 0 Å². The number of rotatable bonds is 7. The van der Waals surface area contributed by atoms with Crippen LogP contribution in [-0.2, 0) is 6.42 Å². The van der Waals surface area contributed by atoms with Crippen LogP contribution in [-0.4, -0.2) is 36.1 Å². The number of anilines is 2. The van der Waals surface area contributed by atoms with Crippen LogP contribution in [0.5, 0.6) is 11.5 Å². The van der Waals surface area contributed by atoms with Crippen LogP contribution >= 0.6 is 0 Å². The maximum Gasteiger partial charge on any atom is 0.255 e. The van der Waals surface area contributed by atoms with E-state index in [1.54, 1.807) is 24.5 Å². The predicted molar refractivity (Wildman–Crippen MR) is 121 cm³/mol. The highest BCUT2D eigenvalue weighted by Gasteiger charge is 2.28. The summed E-state index contributed by atoms with van der Waals surface area (Å²) < 4.78 is 25.6. The van der Waals surface area contributed by atoms with Crippen molar-refractivity contribution in [3.8, 4) is 22.8 Å². The number of hydrogen-bond donors (Lipinski definition) is 3. The fraction of sp³-hybridized carbons (Fsp3) is 0.250. The molecule has 0 saturated carbocycles. The van der Waals surface area contributed by atoms with E-state index in [1.165, 1.54) is 13.2 Å². The van der Waals surface area contributed by atoms with E-state index in [1.807, 2.05) is 26.0 Å². The average molecular weight is 436 g/mol. The topological polar surface area (TPSA) is 88.3 Å². The number of aromatic nitrogens is 2. The van der Waals surface area contributed by atoms with Crippen molar-refractivity contribution in [3.05, 3.63) is 65.4 Å². The first-order valence-corrected chi connectivity index (χ1v) is 10.3. The number of amides is 1. The molecule has 0 radical (unpaired) electrons. The van der Waals surface area contributed by atoms with E-state index in [0.29, 0.717) is 48.0 Å². The third kappa shape index (κ3) is 4.03. The Morgan fingerprint density at radius 3 is 2.97 bits per heavy atom. The van der Waals surface area contributed by atoms with Gasteiger partial charge in [0.1, 0.15) is 12.4 Å². The van der Waals surface area contributed by atoms with E-state index in [4.69, 9.17) is 9.47 Å². The summed E-state index contributed by atoms with van der Waals surface area (Å²) in [5.41, 5.74) is 4.71. The first kappa shape index (κ1) is 21.4. The molecule has 32 heavy (non-hydrogen) atoms. The zero-order valence-electron chi connectivity index (χ0n) is 18.2. The number of carbonyl (C=O) groups excluding carboxylic acids is 1. The lowest BCUT2D eigenvalue weighted by Crippen LogP contribution is -2.31. The molecule has 0 fully saturated rings. The summed E-state index contributed by atoms with van der Waals surface area (Å²) >= 11 is 0. The second-order valence-electron chi connectivity index (χ2n) is 7.48. The van der Waals surface area contributed by atoms with Gasteiger partial charge in [0.2, 0.25) is 0 Å². The number of pyridine rings is 1. The van der Waals surface area contributed by atoms with Gasteiger partial charge in [-0.3, -0.25) is 9.78 Å². The number of H-pyrrole nitrogens is 1. The largest absolute Gasteiger partial charge is 0.492 e. The monoisotopic (exact) mass is 436 g/mol. The van der Waals surface area contributed by atoms with Crippen molar-refractivity contribution in [1.82, 2.24) is 15.3 Å². The lowest BCUT2D eigenvalue weighted by molar-refractivity contribution is 0.0947. The van der Waals surface area contributed by atoms with Crippen LogP contribution in [0.1, 0.15) is 29.9 Å². The molecule has 0 atom stereocenters. The number of methoxy groups -OCH3 is 1. The minimum Gasteiger partial charge on any atom is -0.492 e. The number of aromatic amines is 1. The predicted octanol–water partition coefficient (Wildman–Crippen LogP) is 4.60. The molecular weight excluding hydrogens is 411 g/mol. The number of carbonyl (C=O) groups is 1. The Morgan fingerprint density at radius 2 is 2.19 bits per heavy atom. The molecule has 0 saturated heterocycles. The minimum absolute atomic E-state index is 0.0690. The Balaban J connectivity index is 1.85. The van der Waals surface area contributed by atoms with E-state index < -0.39 is 5.82 Å². The van der Waals surface area contributed by atoms with Gasteiger partial charge in [0.25, 0.3) is 5.91 Å². The van der Waals surface area contributed by atoms with Gasteiger partial charge in [0.05, 0.1) is 35.9 Å². The number of hydrogen-bond acceptors (Lipinski definition) is 5. The van der Waals surface area contributed by atoms with E-state index >= 15 is 0 Å². The van der Waals surface area contributed by atoms with Crippen LogP contribution < -0.4 is 20.1 Å². The maximum atomic E-state index is 14.3. The Bertz CT molecular complexity index is 1190. The lowest BCUT2D eigenvalue weighted by atomic mass is 10.0. The molecule has 3 heterocycles. The molecule has 3 aromatic rings. The molecule has 0 aliphatic carbocycles. The third-order valence-electron chi connectivity index (χ3n) is 5.40. The normalized spacial score (nSPS) is 13.4. The fourth-order valence-corrected chi connectivity index (χ4v) is 3.63. The highest BCUT2D eigenvalue weighted by atomic mass is 19.1. The summed E-state index contributed by atoms with van der Waals surface area (Å²) in [5.74, 6) is -0.0583. The van der Waals surface area contributed by atoms with Crippen LogP contribution in [0, 0.1) is 5.82 Å². The number of benzene rings is 1. The molecule has 7 nitrogen and oxygen atoms in total. The molecule has 166 valence electrons. The molecule has 0 bridgehead atoms. The number of nitrogens with zero attached hydrogens (tertiary/aromatic N) is 1. The lowest BCUT2D eigenvalue weighted by Gasteiger charge is -2.17. The van der Waals surface area contributed by atoms with E-state index in [9.17, 15) is 9.18 Å². The molecule has 2 aromatic heterocycles. The molecule has 1 aromatic carbocycles. The summed E-state index contributed by atoms with van der Waals surface area (Å²) in [6.07, 6.45) is 5.94. The molecule has 1 aliphatic heterocycles. The highest BCUT2D eigenvalue weighted by Crippen LogP contribution is 2.42. The number of ether oxygens (including phenoxy) is 2. The van der Waals surface area contributed by atoms with Gasteiger partial charge in [-0.05, 0) is 37.6 Å². The number of allylic oxidation sites excluding steroid dienone is 1. The maximum absolute atomic E-state index is 14.3. The third-order valence-corrected chi connectivity index (χ3v) is 5.40. The zero-order valence-corrected chi connectivity index (χ0v) is 18.2. The van der Waals surface area contributed by atoms with Gasteiger partial charge in [-0.1, -0.05) is 12.1 Å². The summed E-state index contributed by atoms with van der Waals surface area (Å²) in [7, 11) is 1.40. The van der Waals surface area contributed by atoms with Crippen molar-refractivity contribution in [2.45, 2.75) is 20.3 Å². The van der Waals surface area contributed by atoms with Crippen molar-refractivity contribution in [2.24, 2.45) is 0 Å². The smallest absolute Gasteiger partial charge is 0.255 e. The van der Waals surface area contributed by atoms with Crippen molar-refractivity contribution < 1.29 is 18.7 Å². The first-order chi connectivity index (χ1) is 15.5. The molecule has 3 N–H and O–H groups in total. The number of halogens is 1. The molecule has 1 amide bonds. The second-order valence-corrected chi connectivity index (χ2v) is 7.48. The molecule has 4 rings (SSSR count). The Morgan fingerprint density at radius 1 is 1.34 bits per heavy atom. The average Bonchev–Trinajstić information content (AvgIpc) is 3.17. The van der Waals surface area contributed by atoms with E-state index in [0.717, 1.165) is 16.8 Å². The molecule has 1 aliphatic rings. The SMILES string of the molecule is C/C=C(\C)COc1cnccc1-c1[nH]c2c(c1Nc1cccc(F)c1OC)C(=O)NCC2. The van der Waals surface area contributed by atoms with Crippen molar-refractivity contribution in [1.29, 1.82) is 0 Å². The van der Waals surface area contributed by atoms with Crippen molar-refractivity contribution in [3.63, 3.8) is 0 Å². The van der Waals surface area contributed by atoms with Crippen LogP contribution in [0.25, 0.3) is 11.3 Å². The van der Waals surface area contributed by atoms with Crippen LogP contribution in [0.2, 0.25) is 0 Å². The van der Waals surface area contributed by atoms with E-state index in [-0.39, 0.29) is 11.7 Å². The van der Waals surface area contributed by atoms with E-state index in [2.05, 4.69) is 20.6 Å². The zero-order chi connectivity index (χ0) is 22.7. The quantitative estimate of drug-likeness (QED) is 0.471. The van der Waals surface area contributed by atoms with Gasteiger partial charge in [-0.25, -0.2) is 4.39 Å². The standard InChI is InChI=1S/C24H25FN4O3/c1-4-14(2)13-32-19-12-26-10-8-15(19)21-22(20-17(28-21)9-11-27-24(20)30)29-18-7-5-6-16(25)23(18)31-3/h4-8,10,12,28-29H,9,11,13H2,1-3H3,(H,27,30)/b14-4+. The van der Waals surface area contributed by atoms with Crippen molar-refractivity contribution in [2.75, 3.05) is 25.6 Å². The van der Waals surface area contributed by atoms with Gasteiger partial charge < -0.3 is 25.1 Å². The Kier molecular flexibility index (Phi) is 6.11. The Labute approximate surface area is 185 Å². The molecule has 0 unspecified atom stereocenters. The molecule has 0 spiro atoms. The minimum atomic E-state index is -0.498. The number of fused-ring (bicyclic) bond motifs is 1. The van der Waals surface area contributed by atoms with Gasteiger partial charge >= 0.3 is 0 Å². The van der Waals surface area contributed by atoms with Gasteiger partial charge in [-0.2, -0.15) is 0 Å². The highest BCUT2D eigenvalue weighted by molar-refractivity contribution is 6.06. The summed E-state index contributed by atoms with van der Waals surface area (Å²) in [5, 5.41) is 6.10. The number of nitrogens with one attached hydrogen (secondary N) is 3. The van der Waals surface area contributed by atoms with Crippen molar-refractivity contribution >= 4 is 17.3 Å². The number of para-hydroxylation sites is 1. The second kappa shape index (κ2) is 9.13. The Hall–Kier alpha value is -3.81. The molecule has 8 heteroatoms. The molecular formula is C24H25FN4O3. The summed E-state index contributed by atoms with van der Waals surface area (Å²) in [4.78, 5) is 20.4. The van der Waals surface area contributed by atoms with Crippen LogP contribution in [0.15, 0.2) is 48.3 Å².